The molecule has 1 aromatic heterocycles. The smallest absolute Gasteiger partial charge is 0.325 e. The highest BCUT2D eigenvalue weighted by Crippen LogP contribution is 2.50. The number of likely N-dealkylation sites (tertiary alicyclic amines) is 1. The third kappa shape index (κ3) is 6.85. The van der Waals surface area contributed by atoms with Gasteiger partial charge in [0, 0.05) is 50.6 Å². The Hall–Kier alpha value is -2.33. The van der Waals surface area contributed by atoms with E-state index in [4.69, 9.17) is 19.2 Å². The van der Waals surface area contributed by atoms with E-state index in [0.29, 0.717) is 38.3 Å². The molecule has 4 atom stereocenters. The lowest BCUT2D eigenvalue weighted by Crippen LogP contribution is -2.52. The van der Waals surface area contributed by atoms with Crippen molar-refractivity contribution in [1.29, 1.82) is 0 Å². The number of carboxylic acids is 1. The van der Waals surface area contributed by atoms with Gasteiger partial charge in [-0.3, -0.25) is 9.69 Å². The Morgan fingerprint density at radius 1 is 1.26 bits per heavy atom. The van der Waals surface area contributed by atoms with Crippen LogP contribution in [0.15, 0.2) is 35.7 Å². The van der Waals surface area contributed by atoms with E-state index >= 15 is 0 Å². The third-order valence-electron chi connectivity index (χ3n) is 10.7. The number of aryl methyl sites for hydroxylation is 2. The van der Waals surface area contributed by atoms with Gasteiger partial charge >= 0.3 is 5.97 Å². The van der Waals surface area contributed by atoms with Crippen LogP contribution in [0.3, 0.4) is 0 Å². The van der Waals surface area contributed by atoms with Crippen LogP contribution in [0.5, 0.6) is 0 Å². The summed E-state index contributed by atoms with van der Waals surface area (Å²) in [6.45, 7) is 7.05. The highest BCUT2D eigenvalue weighted by Gasteiger charge is 2.50. The first-order valence-corrected chi connectivity index (χ1v) is 16.4. The third-order valence-corrected chi connectivity index (χ3v) is 10.7. The minimum absolute atomic E-state index is 0.0249. The fraction of sp³-hybridized carbons (Fsp3) is 0.706. The van der Waals surface area contributed by atoms with Crippen molar-refractivity contribution in [2.75, 3.05) is 51.4 Å². The van der Waals surface area contributed by atoms with E-state index in [1.54, 1.807) is 6.08 Å². The summed E-state index contributed by atoms with van der Waals surface area (Å²) in [5.41, 5.74) is 2.62. The first kappa shape index (κ1) is 30.7. The summed E-state index contributed by atoms with van der Waals surface area (Å²) in [4.78, 5) is 19.6. The zero-order chi connectivity index (χ0) is 29.9. The Balaban J connectivity index is 1.03. The molecule has 0 radical (unpaired) electrons. The molecule has 5 aliphatic rings. The van der Waals surface area contributed by atoms with E-state index in [9.17, 15) is 14.3 Å². The number of nitrogens with zero attached hydrogens (tertiary/aromatic N) is 2. The number of hydrogen-bond donors (Lipinski definition) is 2. The van der Waals surface area contributed by atoms with Crippen LogP contribution in [0.4, 0.5) is 10.2 Å². The molecular weight excluding hydrogens is 549 g/mol. The van der Waals surface area contributed by atoms with Crippen molar-refractivity contribution in [2.24, 2.45) is 10.8 Å². The fourth-order valence-electron chi connectivity index (χ4n) is 7.86. The second kappa shape index (κ2) is 13.3. The molecule has 2 N–H and O–H groups in total. The van der Waals surface area contributed by atoms with Crippen molar-refractivity contribution >= 4 is 11.8 Å². The van der Waals surface area contributed by atoms with Gasteiger partial charge in [-0.15, -0.1) is 0 Å². The number of nitrogens with one attached hydrogen (secondary N) is 1. The van der Waals surface area contributed by atoms with Gasteiger partial charge < -0.3 is 24.6 Å². The Kier molecular flexibility index (Phi) is 9.52. The summed E-state index contributed by atoms with van der Waals surface area (Å²) < 4.78 is 33.1. The average Bonchev–Trinajstić information content (AvgIpc) is 3.47. The number of aliphatic carboxylic acids is 1. The number of pyridine rings is 1. The largest absolute Gasteiger partial charge is 0.480 e. The lowest BCUT2D eigenvalue weighted by molar-refractivity contribution is -0.146. The lowest BCUT2D eigenvalue weighted by Gasteiger charge is -2.50. The van der Waals surface area contributed by atoms with E-state index in [0.717, 1.165) is 95.5 Å². The number of unbranched alkanes of at least 4 members (excludes halogenated alkanes) is 1. The predicted molar refractivity (Wildman–Crippen MR) is 163 cm³/mol. The molecule has 4 aliphatic heterocycles. The maximum atomic E-state index is 14.7. The van der Waals surface area contributed by atoms with Gasteiger partial charge in [0.05, 0.1) is 18.8 Å². The molecule has 0 bridgehead atoms. The molecule has 43 heavy (non-hydrogen) atoms. The number of hydrogen-bond acceptors (Lipinski definition) is 7. The van der Waals surface area contributed by atoms with E-state index in [-0.39, 0.29) is 23.4 Å². The van der Waals surface area contributed by atoms with Crippen molar-refractivity contribution in [2.45, 2.75) is 95.8 Å². The van der Waals surface area contributed by atoms with Crippen LogP contribution in [-0.4, -0.2) is 85.3 Å². The second-order valence-electron chi connectivity index (χ2n) is 13.6. The summed E-state index contributed by atoms with van der Waals surface area (Å²) in [6, 6.07) is 3.44. The van der Waals surface area contributed by atoms with Gasteiger partial charge in [-0.05, 0) is 105 Å². The quantitative estimate of drug-likeness (QED) is 0.343. The molecule has 5 heterocycles. The number of halogens is 1. The Labute approximate surface area is 255 Å². The number of fused-ring (bicyclic) bond motifs is 1. The average molecular weight is 598 g/mol. The first-order chi connectivity index (χ1) is 20.9. The van der Waals surface area contributed by atoms with Crippen LogP contribution in [0.1, 0.15) is 76.0 Å². The van der Waals surface area contributed by atoms with E-state index in [1.165, 1.54) is 11.6 Å². The van der Waals surface area contributed by atoms with Crippen LogP contribution >= 0.6 is 0 Å². The van der Waals surface area contributed by atoms with Crippen LogP contribution in [-0.2, 0) is 31.8 Å². The summed E-state index contributed by atoms with van der Waals surface area (Å²) in [7, 11) is 0. The van der Waals surface area contributed by atoms with E-state index < -0.39 is 17.4 Å². The van der Waals surface area contributed by atoms with Crippen LogP contribution in [0.2, 0.25) is 0 Å². The lowest BCUT2D eigenvalue weighted by atomic mass is 9.65. The molecular formula is C34H48FN3O5. The minimum Gasteiger partial charge on any atom is -0.480 e. The number of allylic oxidation sites excluding steroid dienone is 3. The molecule has 0 aromatic carbocycles. The summed E-state index contributed by atoms with van der Waals surface area (Å²) >= 11 is 0. The highest BCUT2D eigenvalue weighted by molar-refractivity contribution is 5.78. The highest BCUT2D eigenvalue weighted by atomic mass is 19.1. The standard InChI is InChI=1S/C34H48FN3O5/c1-33(29-10-13-34(23-43-29)14-19-41-20-15-34)12-9-25(35)21-28(33)30(32(39)40)38-17-11-27(22-38)42-18-3-2-6-26-8-7-24-5-4-16-36-31(24)37-26/h7-9,21,27,29-30H,2-6,10-20,22-23H2,1H3,(H,36,37)(H,39,40)/t27-,29-,30+,33?/m1/s1. The maximum Gasteiger partial charge on any atom is 0.325 e. The number of carboxylic acid groups (broad SMARTS) is 1. The maximum absolute atomic E-state index is 14.7. The molecule has 8 nitrogen and oxygen atoms in total. The zero-order valence-electron chi connectivity index (χ0n) is 25.6. The van der Waals surface area contributed by atoms with Gasteiger partial charge in [-0.1, -0.05) is 13.0 Å². The number of ether oxygens (including phenoxy) is 3. The monoisotopic (exact) mass is 597 g/mol. The molecule has 3 saturated heterocycles. The van der Waals surface area contributed by atoms with Gasteiger partial charge in [0.25, 0.3) is 0 Å². The molecule has 1 unspecified atom stereocenters. The molecule has 0 saturated carbocycles. The summed E-state index contributed by atoms with van der Waals surface area (Å²) in [6.07, 6.45) is 13.1. The number of anilines is 1. The predicted octanol–water partition coefficient (Wildman–Crippen LogP) is 5.47. The molecule has 1 aliphatic carbocycles. The van der Waals surface area contributed by atoms with E-state index in [1.807, 2.05) is 4.90 Å². The Morgan fingerprint density at radius 2 is 2.12 bits per heavy atom. The van der Waals surface area contributed by atoms with E-state index in [2.05, 4.69) is 24.4 Å². The molecule has 236 valence electrons. The SMILES string of the molecule is CC1([C@H]2CCC3(CCOCC3)CO2)CC=C(F)C=C1[C@@H](C(=O)O)N1CC[C@@H](OCCCCc2ccc3c(n2)NCCC3)C1. The molecule has 0 amide bonds. The Bertz CT molecular complexity index is 1200. The number of rotatable bonds is 10. The fourth-order valence-corrected chi connectivity index (χ4v) is 7.86. The van der Waals surface area contributed by atoms with Crippen molar-refractivity contribution in [3.63, 3.8) is 0 Å². The van der Waals surface area contributed by atoms with Gasteiger partial charge in [0.2, 0.25) is 0 Å². The molecule has 3 fully saturated rings. The van der Waals surface area contributed by atoms with Gasteiger partial charge in [0.1, 0.15) is 17.7 Å². The van der Waals surface area contributed by atoms with Crippen LogP contribution < -0.4 is 5.32 Å². The van der Waals surface area contributed by atoms with Crippen molar-refractivity contribution in [3.8, 4) is 0 Å². The normalized spacial score (nSPS) is 29.8. The topological polar surface area (TPSA) is 93.2 Å². The molecule has 6 rings (SSSR count). The minimum atomic E-state index is -0.934. The first-order valence-electron chi connectivity index (χ1n) is 16.4. The second-order valence-corrected chi connectivity index (χ2v) is 13.6. The molecule has 1 spiro atoms. The molecule has 1 aromatic rings. The Morgan fingerprint density at radius 3 is 2.91 bits per heavy atom. The van der Waals surface area contributed by atoms with Crippen LogP contribution in [0, 0.1) is 10.8 Å². The number of carbonyl (C=O) groups is 1. The van der Waals surface area contributed by atoms with Crippen molar-refractivity contribution in [1.82, 2.24) is 9.88 Å². The van der Waals surface area contributed by atoms with Gasteiger partial charge in [0.15, 0.2) is 0 Å². The van der Waals surface area contributed by atoms with Gasteiger partial charge in [-0.25, -0.2) is 9.37 Å². The van der Waals surface area contributed by atoms with Crippen molar-refractivity contribution < 1.29 is 28.5 Å². The molecule has 9 heteroatoms. The summed E-state index contributed by atoms with van der Waals surface area (Å²) in [5.74, 6) is -0.250. The zero-order valence-corrected chi connectivity index (χ0v) is 25.6. The van der Waals surface area contributed by atoms with Crippen LogP contribution in [0.25, 0.3) is 0 Å². The summed E-state index contributed by atoms with van der Waals surface area (Å²) in [5, 5.41) is 13.9. The van der Waals surface area contributed by atoms with Gasteiger partial charge in [-0.2, -0.15) is 0 Å². The number of aromatic nitrogens is 1. The van der Waals surface area contributed by atoms with Crippen molar-refractivity contribution in [3.05, 3.63) is 46.9 Å².